The van der Waals surface area contributed by atoms with Crippen LogP contribution in [0.1, 0.15) is 44.5 Å². The van der Waals surface area contributed by atoms with Gasteiger partial charge in [-0.3, -0.25) is 0 Å². The van der Waals surface area contributed by atoms with Crippen molar-refractivity contribution < 1.29 is 5.11 Å². The van der Waals surface area contributed by atoms with Crippen LogP contribution in [-0.2, 0) is 6.54 Å². The second kappa shape index (κ2) is 6.90. The number of aliphatic hydroxyl groups excluding tert-OH is 1. The topological polar surface area (TPSA) is 50.1 Å². The van der Waals surface area contributed by atoms with Gasteiger partial charge in [-0.25, -0.2) is 4.98 Å². The lowest BCUT2D eigenvalue weighted by Crippen LogP contribution is -2.48. The van der Waals surface area contributed by atoms with Crippen molar-refractivity contribution in [2.45, 2.75) is 59.0 Å². The molecule has 1 unspecified atom stereocenters. The Kier molecular flexibility index (Phi) is 5.82. The number of aromatic nitrogens is 2. The molecule has 1 atom stereocenters. The average Bonchev–Trinajstić information content (AvgIpc) is 2.69. The summed E-state index contributed by atoms with van der Waals surface area (Å²) >= 11 is 0. The fraction of sp³-hybridized carbons (Fsp3) is 0.786. The molecule has 4 heteroatoms. The Labute approximate surface area is 110 Å². The van der Waals surface area contributed by atoms with Crippen LogP contribution in [0.25, 0.3) is 0 Å². The first-order chi connectivity index (χ1) is 8.58. The SMILES string of the molecule is CCNC(CC)(CO)CCCn1cnc(C)c1C. The van der Waals surface area contributed by atoms with Crippen molar-refractivity contribution >= 4 is 0 Å². The highest BCUT2D eigenvalue weighted by atomic mass is 16.3. The molecule has 104 valence electrons. The van der Waals surface area contributed by atoms with Crippen LogP contribution in [0.5, 0.6) is 0 Å². The number of aryl methyl sites for hydroxylation is 2. The van der Waals surface area contributed by atoms with E-state index in [0.29, 0.717) is 0 Å². The maximum atomic E-state index is 9.58. The lowest BCUT2D eigenvalue weighted by Gasteiger charge is -2.32. The molecule has 4 nitrogen and oxygen atoms in total. The van der Waals surface area contributed by atoms with E-state index in [4.69, 9.17) is 0 Å². The van der Waals surface area contributed by atoms with Gasteiger partial charge in [0.05, 0.1) is 18.6 Å². The van der Waals surface area contributed by atoms with Crippen LogP contribution < -0.4 is 5.32 Å². The molecular weight excluding hydrogens is 226 g/mol. The van der Waals surface area contributed by atoms with Gasteiger partial charge in [-0.15, -0.1) is 0 Å². The summed E-state index contributed by atoms with van der Waals surface area (Å²) in [7, 11) is 0. The molecule has 1 aromatic rings. The summed E-state index contributed by atoms with van der Waals surface area (Å²) in [6.07, 6.45) is 4.91. The molecule has 0 saturated heterocycles. The third-order valence-electron chi connectivity index (χ3n) is 3.93. The quantitative estimate of drug-likeness (QED) is 0.745. The first-order valence-corrected chi connectivity index (χ1v) is 6.92. The number of hydrogen-bond donors (Lipinski definition) is 2. The minimum Gasteiger partial charge on any atom is -0.394 e. The number of likely N-dealkylation sites (N-methyl/N-ethyl adjacent to an activating group) is 1. The molecule has 1 aromatic heterocycles. The molecule has 2 N–H and O–H groups in total. The summed E-state index contributed by atoms with van der Waals surface area (Å²) in [6, 6.07) is 0. The first-order valence-electron chi connectivity index (χ1n) is 6.92. The maximum absolute atomic E-state index is 9.58. The van der Waals surface area contributed by atoms with Gasteiger partial charge in [0, 0.05) is 17.8 Å². The van der Waals surface area contributed by atoms with Crippen LogP contribution in [0.15, 0.2) is 6.33 Å². The molecule has 0 aromatic carbocycles. The molecule has 18 heavy (non-hydrogen) atoms. The van der Waals surface area contributed by atoms with Crippen molar-refractivity contribution in [3.05, 3.63) is 17.7 Å². The standard InChI is InChI=1S/C14H27N3O/c1-5-14(10-18,16-6-2)8-7-9-17-11-15-12(3)13(17)4/h11,16,18H,5-10H2,1-4H3. The Morgan fingerprint density at radius 1 is 1.39 bits per heavy atom. The predicted octanol–water partition coefficient (Wildman–Crippen LogP) is 2.03. The molecule has 0 aliphatic heterocycles. The Hall–Kier alpha value is -0.870. The highest BCUT2D eigenvalue weighted by Gasteiger charge is 2.25. The van der Waals surface area contributed by atoms with Crippen LogP contribution in [-0.4, -0.2) is 33.3 Å². The van der Waals surface area contributed by atoms with E-state index in [0.717, 1.165) is 38.0 Å². The van der Waals surface area contributed by atoms with Crippen molar-refractivity contribution in [2.75, 3.05) is 13.2 Å². The summed E-state index contributed by atoms with van der Waals surface area (Å²) in [5, 5.41) is 13.0. The zero-order chi connectivity index (χ0) is 13.6. The van der Waals surface area contributed by atoms with Crippen LogP contribution in [0.2, 0.25) is 0 Å². The summed E-state index contributed by atoms with van der Waals surface area (Å²) in [5.41, 5.74) is 2.23. The van der Waals surface area contributed by atoms with Crippen molar-refractivity contribution in [1.82, 2.24) is 14.9 Å². The van der Waals surface area contributed by atoms with Gasteiger partial charge in [-0.05, 0) is 39.7 Å². The van der Waals surface area contributed by atoms with Gasteiger partial charge >= 0.3 is 0 Å². The van der Waals surface area contributed by atoms with Crippen LogP contribution in [0, 0.1) is 13.8 Å². The lowest BCUT2D eigenvalue weighted by molar-refractivity contribution is 0.144. The molecule has 0 amide bonds. The van der Waals surface area contributed by atoms with E-state index in [9.17, 15) is 5.11 Å². The summed E-state index contributed by atoms with van der Waals surface area (Å²) < 4.78 is 2.19. The summed E-state index contributed by atoms with van der Waals surface area (Å²) in [4.78, 5) is 4.31. The van der Waals surface area contributed by atoms with Crippen LogP contribution in [0.4, 0.5) is 0 Å². The van der Waals surface area contributed by atoms with Gasteiger partial charge in [-0.1, -0.05) is 13.8 Å². The minimum atomic E-state index is -0.113. The van der Waals surface area contributed by atoms with Crippen molar-refractivity contribution in [1.29, 1.82) is 0 Å². The van der Waals surface area contributed by atoms with Crippen molar-refractivity contribution in [2.24, 2.45) is 0 Å². The smallest absolute Gasteiger partial charge is 0.0951 e. The van der Waals surface area contributed by atoms with Gasteiger partial charge in [0.15, 0.2) is 0 Å². The Bertz CT molecular complexity index is 356. The van der Waals surface area contributed by atoms with Crippen molar-refractivity contribution in [3.63, 3.8) is 0 Å². The van der Waals surface area contributed by atoms with Gasteiger partial charge in [0.1, 0.15) is 0 Å². The van der Waals surface area contributed by atoms with E-state index < -0.39 is 0 Å². The number of rotatable bonds is 8. The number of nitrogens with one attached hydrogen (secondary N) is 1. The van der Waals surface area contributed by atoms with E-state index >= 15 is 0 Å². The maximum Gasteiger partial charge on any atom is 0.0951 e. The molecule has 0 bridgehead atoms. The third kappa shape index (κ3) is 3.56. The molecule has 0 spiro atoms. The predicted molar refractivity (Wildman–Crippen MR) is 74.7 cm³/mol. The second-order valence-corrected chi connectivity index (χ2v) is 5.03. The molecule has 0 aliphatic rings. The second-order valence-electron chi connectivity index (χ2n) is 5.03. The normalized spacial score (nSPS) is 14.7. The molecule has 1 heterocycles. The minimum absolute atomic E-state index is 0.113. The summed E-state index contributed by atoms with van der Waals surface area (Å²) in [5.74, 6) is 0. The van der Waals surface area contributed by atoms with Gasteiger partial charge in [0.25, 0.3) is 0 Å². The molecule has 1 rings (SSSR count). The third-order valence-corrected chi connectivity index (χ3v) is 3.93. The number of aliphatic hydroxyl groups is 1. The zero-order valence-corrected chi connectivity index (χ0v) is 12.2. The largest absolute Gasteiger partial charge is 0.394 e. The van der Waals surface area contributed by atoms with Gasteiger partial charge in [-0.2, -0.15) is 0 Å². The highest BCUT2D eigenvalue weighted by Crippen LogP contribution is 2.18. The van der Waals surface area contributed by atoms with Crippen molar-refractivity contribution in [3.8, 4) is 0 Å². The van der Waals surface area contributed by atoms with E-state index in [-0.39, 0.29) is 12.1 Å². The average molecular weight is 253 g/mol. The lowest BCUT2D eigenvalue weighted by atomic mass is 9.91. The zero-order valence-electron chi connectivity index (χ0n) is 12.2. The Morgan fingerprint density at radius 2 is 2.11 bits per heavy atom. The van der Waals surface area contributed by atoms with Crippen LogP contribution in [0.3, 0.4) is 0 Å². The Morgan fingerprint density at radius 3 is 2.56 bits per heavy atom. The van der Waals surface area contributed by atoms with Crippen LogP contribution >= 0.6 is 0 Å². The monoisotopic (exact) mass is 253 g/mol. The number of hydrogen-bond acceptors (Lipinski definition) is 3. The first kappa shape index (κ1) is 15.2. The van der Waals surface area contributed by atoms with E-state index in [1.807, 2.05) is 13.3 Å². The Balaban J connectivity index is 2.51. The molecule has 0 radical (unpaired) electrons. The fourth-order valence-electron chi connectivity index (χ4n) is 2.37. The molecule has 0 saturated carbocycles. The van der Waals surface area contributed by atoms with E-state index in [1.54, 1.807) is 0 Å². The molecular formula is C14H27N3O. The van der Waals surface area contributed by atoms with Gasteiger partial charge < -0.3 is 15.0 Å². The number of nitrogens with zero attached hydrogens (tertiary/aromatic N) is 2. The molecule has 0 aliphatic carbocycles. The highest BCUT2D eigenvalue weighted by molar-refractivity contribution is 5.08. The fourth-order valence-corrected chi connectivity index (χ4v) is 2.37. The number of imidazole rings is 1. The molecule has 0 fully saturated rings. The van der Waals surface area contributed by atoms with Gasteiger partial charge in [0.2, 0.25) is 0 Å². The van der Waals surface area contributed by atoms with E-state index in [1.165, 1.54) is 5.69 Å². The van der Waals surface area contributed by atoms with E-state index in [2.05, 4.69) is 35.6 Å². The summed E-state index contributed by atoms with van der Waals surface area (Å²) in [6.45, 7) is 10.4.